The minimum absolute atomic E-state index is 0.508. The molecule has 17 heavy (non-hydrogen) atoms. The van der Waals surface area contributed by atoms with Crippen LogP contribution in [0.3, 0.4) is 0 Å². The van der Waals surface area contributed by atoms with Crippen molar-refractivity contribution in [3.63, 3.8) is 0 Å². The number of hydrogen-bond donors (Lipinski definition) is 1. The summed E-state index contributed by atoms with van der Waals surface area (Å²) in [6.45, 7) is 0. The van der Waals surface area contributed by atoms with Crippen LogP contribution in [0, 0.1) is 0 Å². The molecule has 0 bridgehead atoms. The van der Waals surface area contributed by atoms with E-state index in [0.717, 1.165) is 10.4 Å². The van der Waals surface area contributed by atoms with Gasteiger partial charge in [-0.25, -0.2) is 0 Å². The predicted molar refractivity (Wildman–Crippen MR) is 69.9 cm³/mol. The van der Waals surface area contributed by atoms with Gasteiger partial charge in [0.05, 0.1) is 5.92 Å². The Bertz CT molecular complexity index is 491. The molecule has 0 aliphatic carbocycles. The summed E-state index contributed by atoms with van der Waals surface area (Å²) < 4.78 is 0. The standard InChI is InChI=1S/C13H11ClO2S/c14-10-5-3-9(4-6-10)12(13(15)16)8-11-2-1-7-17-11/h1-7,12H,8H2,(H,15,16)/t12-/m0/s1. The number of hydrogen-bond acceptors (Lipinski definition) is 2. The number of aliphatic carboxylic acids is 1. The Morgan fingerprint density at radius 2 is 2.00 bits per heavy atom. The minimum atomic E-state index is -0.805. The summed E-state index contributed by atoms with van der Waals surface area (Å²) in [7, 11) is 0. The monoisotopic (exact) mass is 266 g/mol. The second-order valence-corrected chi connectivity index (χ2v) is 5.19. The van der Waals surface area contributed by atoms with Crippen LogP contribution in [0.2, 0.25) is 5.02 Å². The molecule has 2 rings (SSSR count). The van der Waals surface area contributed by atoms with Gasteiger partial charge in [0.2, 0.25) is 0 Å². The lowest BCUT2D eigenvalue weighted by molar-refractivity contribution is -0.138. The third-order valence-electron chi connectivity index (χ3n) is 2.56. The molecule has 0 amide bonds. The van der Waals surface area contributed by atoms with Crippen LogP contribution >= 0.6 is 22.9 Å². The zero-order chi connectivity index (χ0) is 12.3. The largest absolute Gasteiger partial charge is 0.481 e. The van der Waals surface area contributed by atoms with Crippen LogP contribution in [0.15, 0.2) is 41.8 Å². The number of thiophene rings is 1. The molecule has 2 nitrogen and oxygen atoms in total. The maximum atomic E-state index is 11.3. The van der Waals surface area contributed by atoms with Crippen molar-refractivity contribution >= 4 is 28.9 Å². The van der Waals surface area contributed by atoms with Crippen LogP contribution < -0.4 is 0 Å². The highest BCUT2D eigenvalue weighted by molar-refractivity contribution is 7.09. The van der Waals surface area contributed by atoms with Gasteiger partial charge < -0.3 is 5.11 Å². The highest BCUT2D eigenvalue weighted by atomic mass is 35.5. The molecule has 0 fully saturated rings. The summed E-state index contributed by atoms with van der Waals surface area (Å²) in [5, 5.41) is 11.8. The molecule has 88 valence electrons. The maximum Gasteiger partial charge on any atom is 0.311 e. The second kappa shape index (κ2) is 5.34. The molecule has 1 N–H and O–H groups in total. The van der Waals surface area contributed by atoms with Gasteiger partial charge in [-0.15, -0.1) is 11.3 Å². The molecule has 1 atom stereocenters. The van der Waals surface area contributed by atoms with Crippen molar-refractivity contribution in [2.75, 3.05) is 0 Å². The molecule has 0 unspecified atom stereocenters. The molecule has 0 aliphatic rings. The lowest BCUT2D eigenvalue weighted by Gasteiger charge is -2.11. The van der Waals surface area contributed by atoms with Crippen molar-refractivity contribution in [1.29, 1.82) is 0 Å². The predicted octanol–water partition coefficient (Wildman–Crippen LogP) is 3.81. The average molecular weight is 267 g/mol. The van der Waals surface area contributed by atoms with E-state index in [2.05, 4.69) is 0 Å². The first kappa shape index (κ1) is 12.1. The molecule has 0 saturated carbocycles. The Hall–Kier alpha value is -1.32. The lowest BCUT2D eigenvalue weighted by Crippen LogP contribution is -2.13. The van der Waals surface area contributed by atoms with Crippen molar-refractivity contribution in [3.8, 4) is 0 Å². The fourth-order valence-corrected chi connectivity index (χ4v) is 2.55. The van der Waals surface area contributed by atoms with E-state index < -0.39 is 11.9 Å². The van der Waals surface area contributed by atoms with E-state index in [1.54, 1.807) is 35.6 Å². The van der Waals surface area contributed by atoms with Gasteiger partial charge in [-0.2, -0.15) is 0 Å². The molecule has 0 saturated heterocycles. The summed E-state index contributed by atoms with van der Waals surface area (Å²) in [6, 6.07) is 10.9. The van der Waals surface area contributed by atoms with E-state index in [0.29, 0.717) is 11.4 Å². The van der Waals surface area contributed by atoms with Crippen LogP contribution in [0.4, 0.5) is 0 Å². The fourth-order valence-electron chi connectivity index (χ4n) is 1.67. The zero-order valence-electron chi connectivity index (χ0n) is 8.97. The van der Waals surface area contributed by atoms with Gasteiger partial charge in [0.25, 0.3) is 0 Å². The van der Waals surface area contributed by atoms with E-state index in [9.17, 15) is 9.90 Å². The molecule has 0 aliphatic heterocycles. The first-order valence-electron chi connectivity index (χ1n) is 5.17. The molecule has 1 aromatic heterocycles. The third-order valence-corrected chi connectivity index (χ3v) is 3.71. The molecule has 1 heterocycles. The van der Waals surface area contributed by atoms with E-state index in [1.165, 1.54) is 0 Å². The van der Waals surface area contributed by atoms with E-state index >= 15 is 0 Å². The lowest BCUT2D eigenvalue weighted by atomic mass is 9.95. The topological polar surface area (TPSA) is 37.3 Å². The minimum Gasteiger partial charge on any atom is -0.481 e. The average Bonchev–Trinajstić information content (AvgIpc) is 2.80. The van der Waals surface area contributed by atoms with Gasteiger partial charge in [-0.05, 0) is 35.6 Å². The molecule has 0 spiro atoms. The maximum absolute atomic E-state index is 11.3. The zero-order valence-corrected chi connectivity index (χ0v) is 10.5. The Morgan fingerprint density at radius 1 is 1.29 bits per heavy atom. The molecule has 0 radical (unpaired) electrons. The third kappa shape index (κ3) is 3.08. The van der Waals surface area contributed by atoms with Gasteiger partial charge >= 0.3 is 5.97 Å². The van der Waals surface area contributed by atoms with Gasteiger partial charge in [-0.1, -0.05) is 29.8 Å². The van der Waals surface area contributed by atoms with Gasteiger partial charge in [-0.3, -0.25) is 4.79 Å². The van der Waals surface area contributed by atoms with Crippen molar-refractivity contribution < 1.29 is 9.90 Å². The summed E-state index contributed by atoms with van der Waals surface area (Å²) in [4.78, 5) is 12.4. The number of carbonyl (C=O) groups is 1. The molecule has 1 aromatic carbocycles. The molecular weight excluding hydrogens is 256 g/mol. The number of carboxylic acid groups (broad SMARTS) is 1. The van der Waals surface area contributed by atoms with Gasteiger partial charge in [0.1, 0.15) is 0 Å². The van der Waals surface area contributed by atoms with E-state index in [1.807, 2.05) is 17.5 Å². The molecular formula is C13H11ClO2S. The van der Waals surface area contributed by atoms with Gasteiger partial charge in [0, 0.05) is 9.90 Å². The summed E-state index contributed by atoms with van der Waals surface area (Å²) in [5.41, 5.74) is 0.787. The highest BCUT2D eigenvalue weighted by Gasteiger charge is 2.20. The van der Waals surface area contributed by atoms with Crippen molar-refractivity contribution in [2.24, 2.45) is 0 Å². The fraction of sp³-hybridized carbons (Fsp3) is 0.154. The van der Waals surface area contributed by atoms with Crippen molar-refractivity contribution in [3.05, 3.63) is 57.2 Å². The number of benzene rings is 1. The highest BCUT2D eigenvalue weighted by Crippen LogP contribution is 2.24. The second-order valence-electron chi connectivity index (χ2n) is 3.73. The first-order valence-corrected chi connectivity index (χ1v) is 6.43. The Balaban J connectivity index is 2.23. The van der Waals surface area contributed by atoms with Gasteiger partial charge in [0.15, 0.2) is 0 Å². The van der Waals surface area contributed by atoms with Crippen LogP contribution in [0.25, 0.3) is 0 Å². The summed E-state index contributed by atoms with van der Waals surface area (Å²) in [5.74, 6) is -1.31. The SMILES string of the molecule is O=C(O)[C@@H](Cc1cccs1)c1ccc(Cl)cc1. The van der Waals surface area contributed by atoms with E-state index in [-0.39, 0.29) is 0 Å². The smallest absolute Gasteiger partial charge is 0.311 e. The molecule has 2 aromatic rings. The quantitative estimate of drug-likeness (QED) is 0.914. The first-order chi connectivity index (χ1) is 8.16. The normalized spacial score (nSPS) is 12.3. The van der Waals surface area contributed by atoms with Crippen molar-refractivity contribution in [2.45, 2.75) is 12.3 Å². The van der Waals surface area contributed by atoms with Crippen molar-refractivity contribution in [1.82, 2.24) is 0 Å². The summed E-state index contributed by atoms with van der Waals surface area (Å²) >= 11 is 7.37. The number of carboxylic acids is 1. The Morgan fingerprint density at radius 3 is 2.53 bits per heavy atom. The summed E-state index contributed by atoms with van der Waals surface area (Å²) in [6.07, 6.45) is 0.522. The van der Waals surface area contributed by atoms with Crippen LogP contribution in [-0.2, 0) is 11.2 Å². The Labute approximate surface area is 108 Å². The van der Waals surface area contributed by atoms with E-state index in [4.69, 9.17) is 11.6 Å². The van der Waals surface area contributed by atoms with Crippen LogP contribution in [0.5, 0.6) is 0 Å². The van der Waals surface area contributed by atoms with Crippen LogP contribution in [-0.4, -0.2) is 11.1 Å². The number of rotatable bonds is 4. The Kier molecular flexibility index (Phi) is 3.82. The number of halogens is 1. The van der Waals surface area contributed by atoms with Crippen LogP contribution in [0.1, 0.15) is 16.4 Å². The molecule has 4 heteroatoms.